The van der Waals surface area contributed by atoms with Crippen LogP contribution in [0.1, 0.15) is 19.8 Å². The topological polar surface area (TPSA) is 18.5 Å². The van der Waals surface area contributed by atoms with Gasteiger partial charge in [0, 0.05) is 32.3 Å². The lowest BCUT2D eigenvalue weighted by Gasteiger charge is -2.07. The van der Waals surface area contributed by atoms with Crippen molar-refractivity contribution in [2.75, 3.05) is 32.3 Å². The van der Waals surface area contributed by atoms with Gasteiger partial charge in [0.1, 0.15) is 0 Å². The average Bonchev–Trinajstić information content (AvgIpc) is 2.10. The molecule has 3 heteroatoms. The lowest BCUT2D eigenvalue weighted by atomic mass is 10.1. The van der Waals surface area contributed by atoms with Crippen LogP contribution >= 0.6 is 15.9 Å². The Morgan fingerprint density at radius 2 is 2.00 bits per heavy atom. The van der Waals surface area contributed by atoms with Gasteiger partial charge in [0.15, 0.2) is 0 Å². The molecule has 0 aliphatic heterocycles. The molecule has 12 heavy (non-hydrogen) atoms. The number of hydrogen-bond donors (Lipinski definition) is 0. The first-order chi connectivity index (χ1) is 5.81. The maximum Gasteiger partial charge on any atom is 0.0487 e. The van der Waals surface area contributed by atoms with Crippen LogP contribution in [0.5, 0.6) is 0 Å². The van der Waals surface area contributed by atoms with Gasteiger partial charge in [-0.05, 0) is 18.8 Å². The van der Waals surface area contributed by atoms with Crippen LogP contribution in [0.2, 0.25) is 0 Å². The van der Waals surface area contributed by atoms with Gasteiger partial charge in [-0.1, -0.05) is 22.9 Å². The van der Waals surface area contributed by atoms with Crippen molar-refractivity contribution in [3.8, 4) is 0 Å². The quantitative estimate of drug-likeness (QED) is 0.478. The number of rotatable bonds is 8. The first kappa shape index (κ1) is 12.4. The molecule has 74 valence electrons. The summed E-state index contributed by atoms with van der Waals surface area (Å²) in [6, 6.07) is 0. The van der Waals surface area contributed by atoms with Crippen molar-refractivity contribution in [3.63, 3.8) is 0 Å². The van der Waals surface area contributed by atoms with E-state index in [0.29, 0.717) is 5.92 Å². The Labute approximate surface area is 83.8 Å². The Kier molecular flexibility index (Phi) is 9.80. The molecule has 1 atom stereocenters. The number of hydrogen-bond acceptors (Lipinski definition) is 2. The average molecular weight is 239 g/mol. The smallest absolute Gasteiger partial charge is 0.0487 e. The first-order valence-corrected chi connectivity index (χ1v) is 5.56. The number of methoxy groups -OCH3 is 1. The molecule has 0 rings (SSSR count). The molecule has 1 unspecified atom stereocenters. The summed E-state index contributed by atoms with van der Waals surface area (Å²) in [5.74, 6) is 0.715. The monoisotopic (exact) mass is 238 g/mol. The second-order valence-corrected chi connectivity index (χ2v) is 3.65. The summed E-state index contributed by atoms with van der Waals surface area (Å²) >= 11 is 3.43. The maximum absolute atomic E-state index is 5.41. The van der Waals surface area contributed by atoms with E-state index in [0.717, 1.165) is 38.0 Å². The Hall–Kier alpha value is 0.400. The number of halogens is 1. The Bertz CT molecular complexity index is 88.6. The highest BCUT2D eigenvalue weighted by Gasteiger charge is 1.98. The molecule has 0 N–H and O–H groups in total. The van der Waals surface area contributed by atoms with E-state index < -0.39 is 0 Å². The van der Waals surface area contributed by atoms with Gasteiger partial charge in [0.25, 0.3) is 0 Å². The van der Waals surface area contributed by atoms with Crippen LogP contribution in [0.4, 0.5) is 0 Å². The van der Waals surface area contributed by atoms with Crippen molar-refractivity contribution in [2.24, 2.45) is 5.92 Å². The molecule has 0 aromatic carbocycles. The van der Waals surface area contributed by atoms with Crippen LogP contribution in [0.3, 0.4) is 0 Å². The molecular weight excluding hydrogens is 220 g/mol. The van der Waals surface area contributed by atoms with E-state index in [-0.39, 0.29) is 0 Å². The zero-order valence-corrected chi connectivity index (χ0v) is 9.60. The zero-order valence-electron chi connectivity index (χ0n) is 8.01. The highest BCUT2D eigenvalue weighted by atomic mass is 79.9. The van der Waals surface area contributed by atoms with Crippen molar-refractivity contribution >= 4 is 15.9 Å². The van der Waals surface area contributed by atoms with Gasteiger partial charge < -0.3 is 9.47 Å². The molecule has 0 saturated carbocycles. The van der Waals surface area contributed by atoms with Gasteiger partial charge >= 0.3 is 0 Å². The highest BCUT2D eigenvalue weighted by molar-refractivity contribution is 9.09. The summed E-state index contributed by atoms with van der Waals surface area (Å²) in [5.41, 5.74) is 0. The molecule has 0 aliphatic rings. The van der Waals surface area contributed by atoms with Crippen LogP contribution in [0.25, 0.3) is 0 Å². The van der Waals surface area contributed by atoms with Crippen LogP contribution in [0.15, 0.2) is 0 Å². The molecule has 0 bridgehead atoms. The van der Waals surface area contributed by atoms with E-state index in [1.54, 1.807) is 7.11 Å². The minimum Gasteiger partial charge on any atom is -0.385 e. The van der Waals surface area contributed by atoms with E-state index in [1.165, 1.54) is 0 Å². The second kappa shape index (κ2) is 9.49. The summed E-state index contributed by atoms with van der Waals surface area (Å²) in [7, 11) is 1.72. The zero-order chi connectivity index (χ0) is 9.23. The predicted molar refractivity (Wildman–Crippen MR) is 54.9 cm³/mol. The fraction of sp³-hybridized carbons (Fsp3) is 1.00. The molecule has 0 fully saturated rings. The summed E-state index contributed by atoms with van der Waals surface area (Å²) in [5, 5.41) is 1.06. The standard InChI is InChI=1S/C9H19BrO2/c1-9(8-10)4-7-12-6-3-5-11-2/h9H,3-8H2,1-2H3. The predicted octanol–water partition coefficient (Wildman–Crippen LogP) is 2.46. The number of alkyl halides is 1. The van der Waals surface area contributed by atoms with E-state index in [1.807, 2.05) is 0 Å². The molecule has 0 heterocycles. The third-order valence-corrected chi connectivity index (χ3v) is 2.76. The Morgan fingerprint density at radius 3 is 2.58 bits per heavy atom. The first-order valence-electron chi connectivity index (χ1n) is 4.44. The summed E-state index contributed by atoms with van der Waals surface area (Å²) in [4.78, 5) is 0. The third-order valence-electron chi connectivity index (χ3n) is 1.66. The van der Waals surface area contributed by atoms with Crippen molar-refractivity contribution in [2.45, 2.75) is 19.8 Å². The molecule has 0 radical (unpaired) electrons. The lowest BCUT2D eigenvalue weighted by molar-refractivity contribution is 0.0964. The van der Waals surface area contributed by atoms with E-state index in [9.17, 15) is 0 Å². The van der Waals surface area contributed by atoms with Crippen molar-refractivity contribution in [1.82, 2.24) is 0 Å². The van der Waals surface area contributed by atoms with Crippen LogP contribution in [-0.2, 0) is 9.47 Å². The van der Waals surface area contributed by atoms with Crippen molar-refractivity contribution in [3.05, 3.63) is 0 Å². The summed E-state index contributed by atoms with van der Waals surface area (Å²) < 4.78 is 10.3. The van der Waals surface area contributed by atoms with Crippen molar-refractivity contribution < 1.29 is 9.47 Å². The van der Waals surface area contributed by atoms with Gasteiger partial charge in [-0.15, -0.1) is 0 Å². The van der Waals surface area contributed by atoms with Crippen LogP contribution in [0, 0.1) is 5.92 Å². The van der Waals surface area contributed by atoms with E-state index in [4.69, 9.17) is 9.47 Å². The second-order valence-electron chi connectivity index (χ2n) is 3.01. The molecule has 0 aliphatic carbocycles. The minimum atomic E-state index is 0.715. The molecule has 0 amide bonds. The van der Waals surface area contributed by atoms with Gasteiger partial charge in [0.2, 0.25) is 0 Å². The summed E-state index contributed by atoms with van der Waals surface area (Å²) in [6.45, 7) is 4.71. The third kappa shape index (κ3) is 8.50. The summed E-state index contributed by atoms with van der Waals surface area (Å²) in [6.07, 6.45) is 2.14. The number of ether oxygens (including phenoxy) is 2. The molecule has 0 aromatic heterocycles. The van der Waals surface area contributed by atoms with Gasteiger partial charge in [0.05, 0.1) is 0 Å². The molecule has 0 aromatic rings. The van der Waals surface area contributed by atoms with E-state index in [2.05, 4.69) is 22.9 Å². The Balaban J connectivity index is 2.90. The van der Waals surface area contributed by atoms with Gasteiger partial charge in [-0.3, -0.25) is 0 Å². The van der Waals surface area contributed by atoms with E-state index >= 15 is 0 Å². The largest absolute Gasteiger partial charge is 0.385 e. The Morgan fingerprint density at radius 1 is 1.25 bits per heavy atom. The van der Waals surface area contributed by atoms with Gasteiger partial charge in [-0.2, -0.15) is 0 Å². The normalized spacial score (nSPS) is 13.2. The SMILES string of the molecule is COCCCOCCC(C)CBr. The lowest BCUT2D eigenvalue weighted by Crippen LogP contribution is -2.05. The highest BCUT2D eigenvalue weighted by Crippen LogP contribution is 2.05. The maximum atomic E-state index is 5.41. The molecule has 0 saturated heterocycles. The van der Waals surface area contributed by atoms with Gasteiger partial charge in [-0.25, -0.2) is 0 Å². The fourth-order valence-electron chi connectivity index (χ4n) is 0.769. The fourth-order valence-corrected chi connectivity index (χ4v) is 1.09. The van der Waals surface area contributed by atoms with Crippen LogP contribution < -0.4 is 0 Å². The molecule has 0 spiro atoms. The van der Waals surface area contributed by atoms with Crippen LogP contribution in [-0.4, -0.2) is 32.3 Å². The molecule has 2 nitrogen and oxygen atoms in total. The minimum absolute atomic E-state index is 0.715. The van der Waals surface area contributed by atoms with Crippen molar-refractivity contribution in [1.29, 1.82) is 0 Å². The molecular formula is C9H19BrO2.